The van der Waals surface area contributed by atoms with Gasteiger partial charge in [-0.1, -0.05) is 18.2 Å². The van der Waals surface area contributed by atoms with Gasteiger partial charge in [0.2, 0.25) is 10.0 Å². The van der Waals surface area contributed by atoms with E-state index in [-0.39, 0.29) is 5.75 Å². The molecule has 0 saturated carbocycles. The Hall–Kier alpha value is -1.42. The van der Waals surface area contributed by atoms with Crippen LogP contribution in [0.2, 0.25) is 0 Å². The lowest BCUT2D eigenvalue weighted by molar-refractivity contribution is 0.360. The van der Waals surface area contributed by atoms with E-state index in [0.717, 1.165) is 0 Å². The van der Waals surface area contributed by atoms with Crippen LogP contribution in [0.4, 0.5) is 0 Å². The lowest BCUT2D eigenvalue weighted by Crippen LogP contribution is -2.46. The van der Waals surface area contributed by atoms with E-state index in [1.807, 2.05) is 6.07 Å². The molecular formula is C12H15N3O2S. The van der Waals surface area contributed by atoms with Gasteiger partial charge in [-0.2, -0.15) is 9.57 Å². The van der Waals surface area contributed by atoms with E-state index in [1.54, 1.807) is 24.3 Å². The van der Waals surface area contributed by atoms with Gasteiger partial charge in [0.25, 0.3) is 0 Å². The van der Waals surface area contributed by atoms with Crippen LogP contribution in [-0.4, -0.2) is 38.9 Å². The summed E-state index contributed by atoms with van der Waals surface area (Å²) in [4.78, 5) is 0. The third-order valence-electron chi connectivity index (χ3n) is 2.95. The largest absolute Gasteiger partial charge is 0.314 e. The summed E-state index contributed by atoms with van der Waals surface area (Å²) in [6, 6.07) is 8.85. The lowest BCUT2D eigenvalue weighted by Gasteiger charge is -2.26. The Kier molecular flexibility index (Phi) is 3.97. The van der Waals surface area contributed by atoms with E-state index in [9.17, 15) is 8.42 Å². The molecule has 96 valence electrons. The summed E-state index contributed by atoms with van der Waals surface area (Å²) < 4.78 is 25.9. The number of benzene rings is 1. The molecule has 6 heteroatoms. The molecule has 18 heavy (non-hydrogen) atoms. The van der Waals surface area contributed by atoms with Crippen molar-refractivity contribution in [2.75, 3.05) is 26.2 Å². The molecule has 1 heterocycles. The first kappa shape index (κ1) is 13.0. The van der Waals surface area contributed by atoms with Crippen LogP contribution in [0.1, 0.15) is 11.1 Å². The van der Waals surface area contributed by atoms with Gasteiger partial charge in [0, 0.05) is 26.2 Å². The molecular weight excluding hydrogens is 250 g/mol. The van der Waals surface area contributed by atoms with Gasteiger partial charge in [0.1, 0.15) is 0 Å². The van der Waals surface area contributed by atoms with Crippen LogP contribution in [0.25, 0.3) is 0 Å². The fraction of sp³-hybridized carbons (Fsp3) is 0.417. The smallest absolute Gasteiger partial charge is 0.218 e. The highest BCUT2D eigenvalue weighted by molar-refractivity contribution is 7.88. The van der Waals surface area contributed by atoms with Crippen molar-refractivity contribution < 1.29 is 8.42 Å². The SMILES string of the molecule is N#Cc1ccccc1CS(=O)(=O)N1CCNCC1. The van der Waals surface area contributed by atoms with Gasteiger partial charge in [-0.05, 0) is 11.6 Å². The van der Waals surface area contributed by atoms with Crippen molar-refractivity contribution in [1.29, 1.82) is 5.26 Å². The molecule has 2 rings (SSSR count). The van der Waals surface area contributed by atoms with Gasteiger partial charge in [0.15, 0.2) is 0 Å². The third kappa shape index (κ3) is 2.88. The normalized spacial score (nSPS) is 17.3. The highest BCUT2D eigenvalue weighted by atomic mass is 32.2. The van der Waals surface area contributed by atoms with Gasteiger partial charge in [0.05, 0.1) is 17.4 Å². The molecule has 0 spiro atoms. The Bertz CT molecular complexity index is 557. The average molecular weight is 265 g/mol. The molecule has 5 nitrogen and oxygen atoms in total. The van der Waals surface area contributed by atoms with E-state index in [0.29, 0.717) is 37.3 Å². The second-order valence-corrected chi connectivity index (χ2v) is 6.14. The number of rotatable bonds is 3. The highest BCUT2D eigenvalue weighted by Crippen LogP contribution is 2.15. The maximum atomic E-state index is 12.2. The first-order chi connectivity index (χ1) is 8.63. The highest BCUT2D eigenvalue weighted by Gasteiger charge is 2.24. The monoisotopic (exact) mass is 265 g/mol. The van der Waals surface area contributed by atoms with Crippen molar-refractivity contribution >= 4 is 10.0 Å². The van der Waals surface area contributed by atoms with Crippen LogP contribution in [0, 0.1) is 11.3 Å². The molecule has 0 amide bonds. The van der Waals surface area contributed by atoms with Crippen molar-refractivity contribution in [3.63, 3.8) is 0 Å². The summed E-state index contributed by atoms with van der Waals surface area (Å²) in [5, 5.41) is 12.1. The van der Waals surface area contributed by atoms with Crippen LogP contribution >= 0.6 is 0 Å². The molecule has 0 bridgehead atoms. The summed E-state index contributed by atoms with van der Waals surface area (Å²) in [5.41, 5.74) is 0.995. The molecule has 0 atom stereocenters. The second kappa shape index (κ2) is 5.48. The molecule has 0 aliphatic carbocycles. The zero-order valence-corrected chi connectivity index (χ0v) is 10.8. The second-order valence-electron chi connectivity index (χ2n) is 4.17. The average Bonchev–Trinajstić information content (AvgIpc) is 2.40. The topological polar surface area (TPSA) is 73.2 Å². The molecule has 0 radical (unpaired) electrons. The molecule has 1 aliphatic heterocycles. The quantitative estimate of drug-likeness (QED) is 0.852. The molecule has 1 aromatic rings. The number of sulfonamides is 1. The standard InChI is InChI=1S/C12H15N3O2S/c13-9-11-3-1-2-4-12(11)10-18(16,17)15-7-5-14-6-8-15/h1-4,14H,5-8,10H2. The molecule has 1 aromatic carbocycles. The van der Waals surface area contributed by atoms with Gasteiger partial charge in [-0.3, -0.25) is 0 Å². The van der Waals surface area contributed by atoms with Crippen LogP contribution in [0.3, 0.4) is 0 Å². The first-order valence-electron chi connectivity index (χ1n) is 5.80. The zero-order chi connectivity index (χ0) is 13.0. The Morgan fingerprint density at radius 2 is 1.94 bits per heavy atom. The Morgan fingerprint density at radius 3 is 2.61 bits per heavy atom. The van der Waals surface area contributed by atoms with Gasteiger partial charge < -0.3 is 5.32 Å². The predicted octanol–water partition coefficient (Wildman–Crippen LogP) is 0.293. The molecule has 1 N–H and O–H groups in total. The summed E-state index contributed by atoms with van der Waals surface area (Å²) >= 11 is 0. The summed E-state index contributed by atoms with van der Waals surface area (Å²) in [7, 11) is -3.33. The Labute approximate surface area is 107 Å². The number of hydrogen-bond acceptors (Lipinski definition) is 4. The minimum atomic E-state index is -3.33. The fourth-order valence-electron chi connectivity index (χ4n) is 1.97. The van der Waals surface area contributed by atoms with E-state index < -0.39 is 10.0 Å². The van der Waals surface area contributed by atoms with Crippen LogP contribution < -0.4 is 5.32 Å². The fourth-order valence-corrected chi connectivity index (χ4v) is 3.53. The molecule has 0 aromatic heterocycles. The number of hydrogen-bond donors (Lipinski definition) is 1. The van der Waals surface area contributed by atoms with E-state index in [2.05, 4.69) is 5.32 Å². The zero-order valence-electron chi connectivity index (χ0n) is 9.96. The summed E-state index contributed by atoms with van der Waals surface area (Å²) in [6.45, 7) is 2.35. The van der Waals surface area contributed by atoms with Crippen molar-refractivity contribution in [1.82, 2.24) is 9.62 Å². The van der Waals surface area contributed by atoms with Crippen LogP contribution in [-0.2, 0) is 15.8 Å². The molecule has 1 fully saturated rings. The van der Waals surface area contributed by atoms with Crippen LogP contribution in [0.5, 0.6) is 0 Å². The van der Waals surface area contributed by atoms with Crippen LogP contribution in [0.15, 0.2) is 24.3 Å². The summed E-state index contributed by atoms with van der Waals surface area (Å²) in [5.74, 6) is -0.100. The van der Waals surface area contributed by atoms with Gasteiger partial charge >= 0.3 is 0 Å². The molecule has 0 unspecified atom stereocenters. The maximum absolute atomic E-state index is 12.2. The van der Waals surface area contributed by atoms with E-state index in [4.69, 9.17) is 5.26 Å². The number of nitriles is 1. The maximum Gasteiger partial charge on any atom is 0.218 e. The number of nitrogens with zero attached hydrogens (tertiary/aromatic N) is 2. The minimum absolute atomic E-state index is 0.100. The minimum Gasteiger partial charge on any atom is -0.314 e. The van der Waals surface area contributed by atoms with Crippen molar-refractivity contribution in [3.8, 4) is 6.07 Å². The van der Waals surface area contributed by atoms with Gasteiger partial charge in [-0.15, -0.1) is 0 Å². The van der Waals surface area contributed by atoms with E-state index in [1.165, 1.54) is 4.31 Å². The summed E-state index contributed by atoms with van der Waals surface area (Å²) in [6.07, 6.45) is 0. The van der Waals surface area contributed by atoms with Crippen molar-refractivity contribution in [2.45, 2.75) is 5.75 Å². The van der Waals surface area contributed by atoms with Gasteiger partial charge in [-0.25, -0.2) is 8.42 Å². The lowest BCUT2D eigenvalue weighted by atomic mass is 10.1. The Balaban J connectivity index is 2.19. The number of nitrogens with one attached hydrogen (secondary N) is 1. The Morgan fingerprint density at radius 1 is 1.28 bits per heavy atom. The van der Waals surface area contributed by atoms with Crippen molar-refractivity contribution in [2.24, 2.45) is 0 Å². The molecule has 1 saturated heterocycles. The van der Waals surface area contributed by atoms with E-state index >= 15 is 0 Å². The predicted molar refractivity (Wildman–Crippen MR) is 68.2 cm³/mol. The first-order valence-corrected chi connectivity index (χ1v) is 7.41. The molecule has 1 aliphatic rings. The third-order valence-corrected chi connectivity index (χ3v) is 4.77. The van der Waals surface area contributed by atoms with Crippen molar-refractivity contribution in [3.05, 3.63) is 35.4 Å². The number of piperazine rings is 1.